The summed E-state index contributed by atoms with van der Waals surface area (Å²) in [4.78, 5) is 10.1. The van der Waals surface area contributed by atoms with Crippen molar-refractivity contribution in [1.82, 2.24) is 0 Å². The molecule has 13 heavy (non-hydrogen) atoms. The summed E-state index contributed by atoms with van der Waals surface area (Å²) in [5, 5.41) is 10.4. The van der Waals surface area contributed by atoms with Gasteiger partial charge in [-0.25, -0.2) is 0 Å². The van der Waals surface area contributed by atoms with Gasteiger partial charge in [0.25, 0.3) is 0 Å². The van der Waals surface area contributed by atoms with Crippen molar-refractivity contribution in [3.05, 3.63) is 44.4 Å². The van der Waals surface area contributed by atoms with E-state index >= 15 is 0 Å². The first kappa shape index (κ1) is 10.2. The zero-order valence-electron chi connectivity index (χ0n) is 7.24. The highest BCUT2D eigenvalue weighted by Gasteiger charge is 2.12. The molecule has 0 heterocycles. The number of halogens is 1. The van der Waals surface area contributed by atoms with Crippen molar-refractivity contribution in [2.24, 2.45) is 0 Å². The van der Waals surface area contributed by atoms with Crippen LogP contribution in [0.3, 0.4) is 0 Å². The maximum Gasteiger partial charge on any atom is 0.214 e. The van der Waals surface area contributed by atoms with Crippen molar-refractivity contribution < 1.29 is 4.92 Å². The highest BCUT2D eigenvalue weighted by atomic mass is 79.9. The number of benzene rings is 1. The fourth-order valence-corrected chi connectivity index (χ4v) is 1.30. The standard InChI is InChI=1S/C9H10BrNO2/c1-7(11(12)13)6-8-2-4-9(10)5-3-8/h2-5,7H,6H2,1H3. The van der Waals surface area contributed by atoms with Crippen LogP contribution in [-0.2, 0) is 6.42 Å². The second-order valence-corrected chi connectivity index (χ2v) is 3.88. The number of rotatable bonds is 3. The molecule has 0 fully saturated rings. The van der Waals surface area contributed by atoms with E-state index in [1.54, 1.807) is 6.92 Å². The van der Waals surface area contributed by atoms with Crippen LogP contribution < -0.4 is 0 Å². The SMILES string of the molecule is CC(Cc1ccc(Br)cc1)[N+](=O)[O-]. The molecule has 0 spiro atoms. The third-order valence-electron chi connectivity index (χ3n) is 1.80. The van der Waals surface area contributed by atoms with Crippen LogP contribution in [0.25, 0.3) is 0 Å². The zero-order chi connectivity index (χ0) is 9.84. The first-order valence-corrected chi connectivity index (χ1v) is 4.77. The average Bonchev–Trinajstić information content (AvgIpc) is 2.08. The van der Waals surface area contributed by atoms with Crippen LogP contribution in [0.5, 0.6) is 0 Å². The second kappa shape index (κ2) is 4.37. The Morgan fingerprint density at radius 2 is 2.00 bits per heavy atom. The lowest BCUT2D eigenvalue weighted by atomic mass is 10.1. The predicted octanol–water partition coefficient (Wildman–Crippen LogP) is 2.66. The van der Waals surface area contributed by atoms with Crippen LogP contribution in [0.2, 0.25) is 0 Å². The lowest BCUT2D eigenvalue weighted by molar-refractivity contribution is -0.517. The molecule has 4 heteroatoms. The van der Waals surface area contributed by atoms with Gasteiger partial charge in [-0.3, -0.25) is 10.1 Å². The van der Waals surface area contributed by atoms with Crippen LogP contribution in [0.1, 0.15) is 12.5 Å². The Kier molecular flexibility index (Phi) is 3.42. The smallest absolute Gasteiger partial charge is 0.214 e. The Hall–Kier alpha value is -0.900. The van der Waals surface area contributed by atoms with E-state index in [2.05, 4.69) is 15.9 Å². The predicted molar refractivity (Wildman–Crippen MR) is 54.3 cm³/mol. The summed E-state index contributed by atoms with van der Waals surface area (Å²) >= 11 is 3.31. The van der Waals surface area contributed by atoms with Gasteiger partial charge >= 0.3 is 0 Å². The van der Waals surface area contributed by atoms with Crippen LogP contribution in [0.4, 0.5) is 0 Å². The van der Waals surface area contributed by atoms with Crippen molar-refractivity contribution in [3.63, 3.8) is 0 Å². The molecule has 1 atom stereocenters. The maximum atomic E-state index is 10.4. The van der Waals surface area contributed by atoms with Gasteiger partial charge in [-0.05, 0) is 17.7 Å². The maximum absolute atomic E-state index is 10.4. The molecule has 0 saturated heterocycles. The fraction of sp³-hybridized carbons (Fsp3) is 0.333. The average molecular weight is 244 g/mol. The van der Waals surface area contributed by atoms with E-state index in [0.29, 0.717) is 6.42 Å². The number of nitro groups is 1. The molecule has 0 aliphatic carbocycles. The third-order valence-corrected chi connectivity index (χ3v) is 2.33. The van der Waals surface area contributed by atoms with Crippen LogP contribution >= 0.6 is 15.9 Å². The van der Waals surface area contributed by atoms with Crippen molar-refractivity contribution >= 4 is 15.9 Å². The molecule has 0 saturated carbocycles. The minimum absolute atomic E-state index is 0.262. The van der Waals surface area contributed by atoms with E-state index in [4.69, 9.17) is 0 Å². The summed E-state index contributed by atoms with van der Waals surface area (Å²) in [6.45, 7) is 1.61. The molecule has 1 rings (SSSR count). The molecule has 0 bridgehead atoms. The van der Waals surface area contributed by atoms with Gasteiger partial charge in [-0.2, -0.15) is 0 Å². The molecule has 0 aliphatic heterocycles. The van der Waals surface area contributed by atoms with Gasteiger partial charge in [0.05, 0.1) is 0 Å². The van der Waals surface area contributed by atoms with Gasteiger partial charge in [0, 0.05) is 22.7 Å². The van der Waals surface area contributed by atoms with E-state index in [1.807, 2.05) is 24.3 Å². The van der Waals surface area contributed by atoms with E-state index in [-0.39, 0.29) is 4.92 Å². The number of nitrogens with zero attached hydrogens (tertiary/aromatic N) is 1. The quantitative estimate of drug-likeness (QED) is 0.605. The van der Waals surface area contributed by atoms with Crippen molar-refractivity contribution in [2.75, 3.05) is 0 Å². The lowest BCUT2D eigenvalue weighted by Crippen LogP contribution is -2.17. The van der Waals surface area contributed by atoms with Crippen LogP contribution in [0.15, 0.2) is 28.7 Å². The monoisotopic (exact) mass is 243 g/mol. The molecule has 70 valence electrons. The summed E-state index contributed by atoms with van der Waals surface area (Å²) in [6, 6.07) is 7.05. The zero-order valence-corrected chi connectivity index (χ0v) is 8.82. The highest BCUT2D eigenvalue weighted by Crippen LogP contribution is 2.12. The van der Waals surface area contributed by atoms with Crippen molar-refractivity contribution in [2.45, 2.75) is 19.4 Å². The molecule has 1 unspecified atom stereocenters. The topological polar surface area (TPSA) is 43.1 Å². The number of hydrogen-bond acceptors (Lipinski definition) is 2. The summed E-state index contributed by atoms with van der Waals surface area (Å²) in [7, 11) is 0. The fourth-order valence-electron chi connectivity index (χ4n) is 1.04. The molecule has 0 aliphatic rings. The van der Waals surface area contributed by atoms with Gasteiger partial charge in [-0.1, -0.05) is 28.1 Å². The molecular formula is C9H10BrNO2. The van der Waals surface area contributed by atoms with E-state index < -0.39 is 6.04 Å². The molecule has 0 amide bonds. The Morgan fingerprint density at radius 3 is 2.46 bits per heavy atom. The number of hydrogen-bond donors (Lipinski definition) is 0. The first-order chi connectivity index (χ1) is 6.09. The summed E-state index contributed by atoms with van der Waals surface area (Å²) in [5.41, 5.74) is 0.993. The summed E-state index contributed by atoms with van der Waals surface area (Å²) < 4.78 is 0.991. The van der Waals surface area contributed by atoms with Gasteiger partial charge in [-0.15, -0.1) is 0 Å². The summed E-state index contributed by atoms with van der Waals surface area (Å²) in [6.07, 6.45) is 0.486. The Balaban J connectivity index is 2.64. The first-order valence-electron chi connectivity index (χ1n) is 3.97. The van der Waals surface area contributed by atoms with Crippen molar-refractivity contribution in [1.29, 1.82) is 0 Å². The normalized spacial score (nSPS) is 12.5. The van der Waals surface area contributed by atoms with Crippen molar-refractivity contribution in [3.8, 4) is 0 Å². The minimum atomic E-state index is -0.513. The Labute approximate surface area is 85.0 Å². The largest absolute Gasteiger partial charge is 0.264 e. The Bertz CT molecular complexity index is 297. The molecule has 0 aromatic heterocycles. The van der Waals surface area contributed by atoms with Gasteiger partial charge in [0.1, 0.15) is 0 Å². The molecular weight excluding hydrogens is 234 g/mol. The van der Waals surface area contributed by atoms with Gasteiger partial charge in [0.2, 0.25) is 6.04 Å². The van der Waals surface area contributed by atoms with Crippen LogP contribution in [0, 0.1) is 10.1 Å². The van der Waals surface area contributed by atoms with Gasteiger partial charge in [0.15, 0.2) is 0 Å². The molecule has 0 N–H and O–H groups in total. The molecule has 1 aromatic carbocycles. The van der Waals surface area contributed by atoms with E-state index in [0.717, 1.165) is 10.0 Å². The molecule has 1 aromatic rings. The lowest BCUT2D eigenvalue weighted by Gasteiger charge is -2.03. The summed E-state index contributed by atoms with van der Waals surface area (Å²) in [5.74, 6) is 0. The van der Waals surface area contributed by atoms with Crippen LogP contribution in [-0.4, -0.2) is 11.0 Å². The minimum Gasteiger partial charge on any atom is -0.264 e. The van der Waals surface area contributed by atoms with E-state index in [1.165, 1.54) is 0 Å². The Morgan fingerprint density at radius 1 is 1.46 bits per heavy atom. The van der Waals surface area contributed by atoms with E-state index in [9.17, 15) is 10.1 Å². The van der Waals surface area contributed by atoms with Gasteiger partial charge < -0.3 is 0 Å². The molecule has 0 radical (unpaired) electrons. The third kappa shape index (κ3) is 3.14. The highest BCUT2D eigenvalue weighted by molar-refractivity contribution is 9.10. The second-order valence-electron chi connectivity index (χ2n) is 2.96. The molecule has 3 nitrogen and oxygen atoms in total.